The van der Waals surface area contributed by atoms with E-state index in [0.717, 1.165) is 53.0 Å². The number of carbonyl (C=O) groups is 4. The van der Waals surface area contributed by atoms with E-state index in [9.17, 15) is 29.4 Å². The van der Waals surface area contributed by atoms with Crippen LogP contribution in [0.25, 0.3) is 11.1 Å². The second kappa shape index (κ2) is 22.2. The molecule has 1 fully saturated rings. The highest BCUT2D eigenvalue weighted by Crippen LogP contribution is 2.41. The molecule has 7 rings (SSSR count). The number of hydrogen-bond acceptors (Lipinski definition) is 10. The molecule has 2 heterocycles. The summed E-state index contributed by atoms with van der Waals surface area (Å²) in [5, 5.41) is 32.8. The Hall–Kier alpha value is -6.74. The molecule has 0 aliphatic carbocycles. The molecule has 0 spiro atoms. The number of phenols is 1. The number of amides is 4. The maximum absolute atomic E-state index is 13.1. The number of piperidine rings is 1. The summed E-state index contributed by atoms with van der Waals surface area (Å²) in [5.74, 6) is -0.277. The van der Waals surface area contributed by atoms with Crippen molar-refractivity contribution in [2.75, 3.05) is 61.9 Å². The van der Waals surface area contributed by atoms with E-state index < -0.39 is 12.2 Å². The van der Waals surface area contributed by atoms with Gasteiger partial charge in [0.1, 0.15) is 17.5 Å². The van der Waals surface area contributed by atoms with Crippen molar-refractivity contribution < 1.29 is 38.9 Å². The Morgan fingerprint density at radius 2 is 1.58 bits per heavy atom. The van der Waals surface area contributed by atoms with E-state index >= 15 is 0 Å². The molecule has 340 valence electrons. The molecular weight excluding hydrogens is 825 g/mol. The Morgan fingerprint density at radius 1 is 0.892 bits per heavy atom. The lowest BCUT2D eigenvalue weighted by Gasteiger charge is -2.31. The molecule has 2 aliphatic rings. The van der Waals surface area contributed by atoms with Gasteiger partial charge in [0, 0.05) is 69.0 Å². The molecule has 0 unspecified atom stereocenters. The van der Waals surface area contributed by atoms with Crippen molar-refractivity contribution in [1.29, 1.82) is 0 Å². The van der Waals surface area contributed by atoms with Crippen molar-refractivity contribution in [1.82, 2.24) is 15.5 Å². The molecule has 14 heteroatoms. The SMILES string of the molecule is C[C@H](Cc1ccc(CCNC(=O)Cc2ccc(N(C)C(=O)CCN3CCC(OC(=O)Nc4ccccc4-c4ccccc4)CC3)cc2)cc1)NC[C@H](O)c1ccc(O)c2c1OCC(=O)N2. The summed E-state index contributed by atoms with van der Waals surface area (Å²) in [6.45, 7) is 4.70. The molecule has 2 atom stereocenters. The fraction of sp³-hybridized carbons (Fsp3) is 0.333. The quantitative estimate of drug-likeness (QED) is 0.0524. The maximum Gasteiger partial charge on any atom is 0.411 e. The Labute approximate surface area is 379 Å². The molecule has 5 aromatic carbocycles. The van der Waals surface area contributed by atoms with Gasteiger partial charge in [-0.15, -0.1) is 0 Å². The van der Waals surface area contributed by atoms with Crippen LogP contribution in [0.15, 0.2) is 115 Å². The smallest absolute Gasteiger partial charge is 0.411 e. The highest BCUT2D eigenvalue weighted by molar-refractivity contribution is 5.97. The molecule has 0 radical (unpaired) electrons. The van der Waals surface area contributed by atoms with E-state index in [1.54, 1.807) is 18.0 Å². The van der Waals surface area contributed by atoms with Gasteiger partial charge in [-0.25, -0.2) is 4.79 Å². The zero-order chi connectivity index (χ0) is 45.7. The average molecular weight is 883 g/mol. The number of rotatable bonds is 18. The number of nitrogens with one attached hydrogen (secondary N) is 4. The van der Waals surface area contributed by atoms with Gasteiger partial charge in [0.25, 0.3) is 5.91 Å². The van der Waals surface area contributed by atoms with Crippen LogP contribution in [0.2, 0.25) is 0 Å². The number of aliphatic hydroxyl groups is 1. The van der Waals surface area contributed by atoms with E-state index in [4.69, 9.17) is 9.47 Å². The number of carbonyl (C=O) groups excluding carboxylic acids is 4. The van der Waals surface area contributed by atoms with Crippen LogP contribution >= 0.6 is 0 Å². The predicted octanol–water partition coefficient (Wildman–Crippen LogP) is 6.61. The minimum atomic E-state index is -0.907. The molecule has 6 N–H and O–H groups in total. The Morgan fingerprint density at radius 3 is 2.34 bits per heavy atom. The normalized spacial score (nSPS) is 14.8. The van der Waals surface area contributed by atoms with Crippen molar-refractivity contribution in [3.8, 4) is 22.6 Å². The lowest BCUT2D eigenvalue weighted by molar-refractivity contribution is -0.120. The molecule has 1 saturated heterocycles. The molecule has 4 amide bonds. The zero-order valence-electron chi connectivity index (χ0n) is 36.9. The van der Waals surface area contributed by atoms with Gasteiger partial charge in [0.2, 0.25) is 11.8 Å². The molecule has 5 aromatic rings. The van der Waals surface area contributed by atoms with Crippen molar-refractivity contribution in [3.05, 3.63) is 138 Å². The number of nitrogens with zero attached hydrogens (tertiary/aromatic N) is 2. The first-order valence-corrected chi connectivity index (χ1v) is 22.2. The number of fused-ring (bicyclic) bond motifs is 1. The highest BCUT2D eigenvalue weighted by atomic mass is 16.6. The fourth-order valence-electron chi connectivity index (χ4n) is 8.13. The van der Waals surface area contributed by atoms with Crippen LogP contribution in [0, 0.1) is 0 Å². The van der Waals surface area contributed by atoms with Crippen LogP contribution in [0.4, 0.5) is 21.9 Å². The van der Waals surface area contributed by atoms with Crippen LogP contribution < -0.4 is 30.9 Å². The van der Waals surface area contributed by atoms with E-state index in [1.807, 2.05) is 85.8 Å². The van der Waals surface area contributed by atoms with E-state index in [1.165, 1.54) is 6.07 Å². The molecular formula is C51H58N6O8. The minimum absolute atomic E-state index is 0.000687. The lowest BCUT2D eigenvalue weighted by atomic mass is 10.0. The van der Waals surface area contributed by atoms with E-state index in [-0.39, 0.29) is 66.6 Å². The lowest BCUT2D eigenvalue weighted by Crippen LogP contribution is -2.40. The number of benzene rings is 5. The van der Waals surface area contributed by atoms with Gasteiger partial charge in [0.15, 0.2) is 12.4 Å². The Bertz CT molecular complexity index is 2400. The van der Waals surface area contributed by atoms with Crippen molar-refractivity contribution in [3.63, 3.8) is 0 Å². The monoisotopic (exact) mass is 882 g/mol. The summed E-state index contributed by atoms with van der Waals surface area (Å²) < 4.78 is 11.3. The molecule has 0 bridgehead atoms. The summed E-state index contributed by atoms with van der Waals surface area (Å²) in [6.07, 6.45) is 1.84. The molecule has 14 nitrogen and oxygen atoms in total. The standard InChI is InChI=1S/C51H58N6O8/c1-34(53-32-45(59)42-20-21-44(58)49-50(42)64-33-47(61)55-49)30-36-14-12-35(13-15-36)22-26-52-46(60)31-37-16-18-39(19-17-37)56(2)48(62)25-29-57-27-23-40(24-28-57)65-51(63)54-43-11-7-6-10-41(43)38-8-4-3-5-9-38/h3-21,34,40,45,53,58-59H,22-33H2,1-2H3,(H,52,60)(H,54,63)(H,55,61)/t34-,45+/m1/s1. The fourth-order valence-corrected chi connectivity index (χ4v) is 8.13. The number of hydrogen-bond donors (Lipinski definition) is 6. The number of aliphatic hydroxyl groups excluding tert-OH is 1. The number of phenolic OH excluding ortho intramolecular Hbond substituents is 1. The first kappa shape index (κ1) is 46.3. The number of likely N-dealkylation sites (tertiary alicyclic amines) is 1. The van der Waals surface area contributed by atoms with Gasteiger partial charge < -0.3 is 45.4 Å². The van der Waals surface area contributed by atoms with Gasteiger partial charge in [-0.3, -0.25) is 19.7 Å². The number of anilines is 3. The molecule has 0 aromatic heterocycles. The van der Waals surface area contributed by atoms with Crippen LogP contribution in [0.5, 0.6) is 11.5 Å². The number of para-hydroxylation sites is 1. The topological polar surface area (TPSA) is 182 Å². The van der Waals surface area contributed by atoms with Crippen molar-refractivity contribution in [2.24, 2.45) is 0 Å². The highest BCUT2D eigenvalue weighted by Gasteiger charge is 2.27. The van der Waals surface area contributed by atoms with Gasteiger partial charge >= 0.3 is 6.09 Å². The predicted molar refractivity (Wildman–Crippen MR) is 251 cm³/mol. The third kappa shape index (κ3) is 12.9. The molecule has 0 saturated carbocycles. The van der Waals surface area contributed by atoms with Crippen LogP contribution in [-0.4, -0.2) is 97.5 Å². The molecule has 2 aliphatic heterocycles. The van der Waals surface area contributed by atoms with E-state index in [0.29, 0.717) is 50.0 Å². The van der Waals surface area contributed by atoms with Gasteiger partial charge in [-0.2, -0.15) is 0 Å². The summed E-state index contributed by atoms with van der Waals surface area (Å²) >= 11 is 0. The number of ether oxygens (including phenoxy) is 2. The number of aromatic hydroxyl groups is 1. The van der Waals surface area contributed by atoms with Crippen LogP contribution in [0.3, 0.4) is 0 Å². The first-order valence-electron chi connectivity index (χ1n) is 22.2. The van der Waals surface area contributed by atoms with Gasteiger partial charge in [-0.05, 0) is 85.2 Å². The summed E-state index contributed by atoms with van der Waals surface area (Å²) in [5.41, 5.74) is 7.15. The Balaban J connectivity index is 0.758. The van der Waals surface area contributed by atoms with Crippen LogP contribution in [0.1, 0.15) is 54.5 Å². The van der Waals surface area contributed by atoms with E-state index in [2.05, 4.69) is 50.4 Å². The third-order valence-corrected chi connectivity index (χ3v) is 11.9. The second-order valence-corrected chi connectivity index (χ2v) is 16.7. The van der Waals surface area contributed by atoms with Crippen molar-refractivity contribution in [2.45, 2.75) is 63.7 Å². The molecule has 65 heavy (non-hydrogen) atoms. The van der Waals surface area contributed by atoms with Crippen LogP contribution in [-0.2, 0) is 38.4 Å². The first-order chi connectivity index (χ1) is 31.5. The zero-order valence-corrected chi connectivity index (χ0v) is 36.9. The van der Waals surface area contributed by atoms with Gasteiger partial charge in [-0.1, -0.05) is 84.9 Å². The summed E-state index contributed by atoms with van der Waals surface area (Å²) in [6, 6.07) is 36.4. The summed E-state index contributed by atoms with van der Waals surface area (Å²) in [7, 11) is 1.76. The third-order valence-electron chi connectivity index (χ3n) is 11.9. The summed E-state index contributed by atoms with van der Waals surface area (Å²) in [4.78, 5) is 54.3. The van der Waals surface area contributed by atoms with Crippen molar-refractivity contribution >= 4 is 40.9 Å². The average Bonchev–Trinajstić information content (AvgIpc) is 3.31. The largest absolute Gasteiger partial charge is 0.506 e. The second-order valence-electron chi connectivity index (χ2n) is 16.7. The van der Waals surface area contributed by atoms with Gasteiger partial charge in [0.05, 0.1) is 18.2 Å². The minimum Gasteiger partial charge on any atom is -0.506 e. The maximum atomic E-state index is 13.1. The Kier molecular flexibility index (Phi) is 15.8.